The molecule has 2 N–H and O–H groups in total. The number of hydrogen-bond donors (Lipinski definition) is 2. The van der Waals surface area contributed by atoms with Gasteiger partial charge in [-0.15, -0.1) is 0 Å². The summed E-state index contributed by atoms with van der Waals surface area (Å²) in [5.74, 6) is 0.00835. The summed E-state index contributed by atoms with van der Waals surface area (Å²) in [6.45, 7) is 10.6. The Hall–Kier alpha value is -2.55. The molecule has 25 heavy (non-hydrogen) atoms. The SMILES string of the molecule is Cc1ccc2[nH]c(C)c(CC(=O)Nc3ccc(C(C)(C)C)cc3)c2c1. The molecule has 0 aliphatic carbocycles. The van der Waals surface area contributed by atoms with Gasteiger partial charge in [0.15, 0.2) is 0 Å². The van der Waals surface area contributed by atoms with E-state index in [1.807, 2.05) is 19.1 Å². The van der Waals surface area contributed by atoms with Gasteiger partial charge in [0.25, 0.3) is 0 Å². The van der Waals surface area contributed by atoms with Crippen LogP contribution in [0.4, 0.5) is 5.69 Å². The highest BCUT2D eigenvalue weighted by atomic mass is 16.1. The molecular formula is C22H26N2O. The predicted molar refractivity (Wildman–Crippen MR) is 105 cm³/mol. The van der Waals surface area contributed by atoms with E-state index in [-0.39, 0.29) is 11.3 Å². The number of rotatable bonds is 3. The maximum atomic E-state index is 12.5. The zero-order valence-electron chi connectivity index (χ0n) is 15.7. The number of carbonyl (C=O) groups is 1. The average molecular weight is 334 g/mol. The number of amides is 1. The fourth-order valence-corrected chi connectivity index (χ4v) is 3.14. The van der Waals surface area contributed by atoms with Crippen LogP contribution >= 0.6 is 0 Å². The van der Waals surface area contributed by atoms with Crippen molar-refractivity contribution in [3.8, 4) is 0 Å². The molecule has 0 fully saturated rings. The summed E-state index contributed by atoms with van der Waals surface area (Å²) in [6, 6.07) is 14.4. The Labute approximate surface area is 149 Å². The monoisotopic (exact) mass is 334 g/mol. The molecule has 2 aromatic carbocycles. The fourth-order valence-electron chi connectivity index (χ4n) is 3.14. The molecule has 130 valence electrons. The second-order valence-electron chi connectivity index (χ2n) is 7.83. The van der Waals surface area contributed by atoms with E-state index in [0.717, 1.165) is 27.8 Å². The number of benzene rings is 2. The first-order valence-electron chi connectivity index (χ1n) is 8.72. The van der Waals surface area contributed by atoms with Gasteiger partial charge in [-0.2, -0.15) is 0 Å². The summed E-state index contributed by atoms with van der Waals surface area (Å²) < 4.78 is 0. The molecule has 0 aliphatic heterocycles. The Balaban J connectivity index is 1.77. The van der Waals surface area contributed by atoms with E-state index in [0.29, 0.717) is 6.42 Å². The van der Waals surface area contributed by atoms with Crippen LogP contribution in [0.1, 0.15) is 43.2 Å². The van der Waals surface area contributed by atoms with Crippen LogP contribution in [0.25, 0.3) is 10.9 Å². The van der Waals surface area contributed by atoms with Crippen molar-refractivity contribution in [2.75, 3.05) is 5.32 Å². The van der Waals surface area contributed by atoms with Crippen LogP contribution in [-0.4, -0.2) is 10.9 Å². The van der Waals surface area contributed by atoms with Crippen molar-refractivity contribution in [1.82, 2.24) is 4.98 Å². The number of carbonyl (C=O) groups excluding carboxylic acids is 1. The quantitative estimate of drug-likeness (QED) is 0.674. The first-order valence-corrected chi connectivity index (χ1v) is 8.72. The number of nitrogens with one attached hydrogen (secondary N) is 2. The Morgan fingerprint density at radius 1 is 1.04 bits per heavy atom. The van der Waals surface area contributed by atoms with Crippen LogP contribution in [0.3, 0.4) is 0 Å². The summed E-state index contributed by atoms with van der Waals surface area (Å²) >= 11 is 0. The molecule has 0 radical (unpaired) electrons. The molecule has 3 aromatic rings. The fraction of sp³-hybridized carbons (Fsp3) is 0.318. The molecule has 0 unspecified atom stereocenters. The van der Waals surface area contributed by atoms with Crippen LogP contribution < -0.4 is 5.32 Å². The Bertz CT molecular complexity index is 912. The topological polar surface area (TPSA) is 44.9 Å². The minimum atomic E-state index is 0.00835. The lowest BCUT2D eigenvalue weighted by molar-refractivity contribution is -0.115. The summed E-state index contributed by atoms with van der Waals surface area (Å²) in [5.41, 5.74) is 6.62. The number of anilines is 1. The van der Waals surface area contributed by atoms with E-state index in [9.17, 15) is 4.79 Å². The first kappa shape index (κ1) is 17.3. The van der Waals surface area contributed by atoms with Crippen molar-refractivity contribution in [1.29, 1.82) is 0 Å². The lowest BCUT2D eigenvalue weighted by Crippen LogP contribution is -2.15. The first-order chi connectivity index (χ1) is 11.7. The van der Waals surface area contributed by atoms with Gasteiger partial charge in [0, 0.05) is 22.3 Å². The van der Waals surface area contributed by atoms with Crippen molar-refractivity contribution in [2.24, 2.45) is 0 Å². The lowest BCUT2D eigenvalue weighted by atomic mass is 9.87. The standard InChI is InChI=1S/C22H26N2O/c1-14-6-11-20-19(12-14)18(15(2)23-20)13-21(25)24-17-9-7-16(8-10-17)22(3,4)5/h6-12,23H,13H2,1-5H3,(H,24,25). The molecule has 3 heteroatoms. The Morgan fingerprint density at radius 2 is 1.72 bits per heavy atom. The van der Waals surface area contributed by atoms with Gasteiger partial charge in [0.05, 0.1) is 6.42 Å². The van der Waals surface area contributed by atoms with Gasteiger partial charge in [-0.1, -0.05) is 44.5 Å². The maximum absolute atomic E-state index is 12.5. The van der Waals surface area contributed by atoms with Crippen LogP contribution in [0, 0.1) is 13.8 Å². The van der Waals surface area contributed by atoms with E-state index in [1.165, 1.54) is 11.1 Å². The molecule has 0 saturated heterocycles. The largest absolute Gasteiger partial charge is 0.358 e. The molecule has 0 aliphatic rings. The minimum absolute atomic E-state index is 0.00835. The number of aromatic amines is 1. The number of hydrogen-bond acceptors (Lipinski definition) is 1. The van der Waals surface area contributed by atoms with Crippen molar-refractivity contribution in [3.05, 3.63) is 64.8 Å². The number of fused-ring (bicyclic) bond motifs is 1. The molecule has 0 atom stereocenters. The zero-order chi connectivity index (χ0) is 18.2. The Kier molecular flexibility index (Phi) is 4.42. The molecule has 0 bridgehead atoms. The molecule has 1 amide bonds. The van der Waals surface area contributed by atoms with Crippen LogP contribution in [-0.2, 0) is 16.6 Å². The number of aryl methyl sites for hydroxylation is 2. The second kappa shape index (κ2) is 6.40. The second-order valence-corrected chi connectivity index (χ2v) is 7.83. The van der Waals surface area contributed by atoms with E-state index in [1.54, 1.807) is 0 Å². The third-order valence-corrected chi connectivity index (χ3v) is 4.65. The third kappa shape index (κ3) is 3.76. The molecule has 1 aromatic heterocycles. The molecule has 3 rings (SSSR count). The molecule has 0 saturated carbocycles. The van der Waals surface area contributed by atoms with Crippen molar-refractivity contribution in [3.63, 3.8) is 0 Å². The van der Waals surface area contributed by atoms with Crippen LogP contribution in [0.15, 0.2) is 42.5 Å². The summed E-state index contributed by atoms with van der Waals surface area (Å²) in [6.07, 6.45) is 0.371. The average Bonchev–Trinajstić information content (AvgIpc) is 2.82. The lowest BCUT2D eigenvalue weighted by Gasteiger charge is -2.19. The van der Waals surface area contributed by atoms with Crippen LogP contribution in [0.5, 0.6) is 0 Å². The van der Waals surface area contributed by atoms with Gasteiger partial charge < -0.3 is 10.3 Å². The van der Waals surface area contributed by atoms with Crippen molar-refractivity contribution >= 4 is 22.5 Å². The van der Waals surface area contributed by atoms with E-state index in [4.69, 9.17) is 0 Å². The summed E-state index contributed by atoms with van der Waals surface area (Å²) in [4.78, 5) is 15.9. The highest BCUT2D eigenvalue weighted by Crippen LogP contribution is 2.25. The van der Waals surface area contributed by atoms with E-state index >= 15 is 0 Å². The van der Waals surface area contributed by atoms with E-state index < -0.39 is 0 Å². The van der Waals surface area contributed by atoms with Crippen molar-refractivity contribution < 1.29 is 4.79 Å². The third-order valence-electron chi connectivity index (χ3n) is 4.65. The number of H-pyrrole nitrogens is 1. The van der Waals surface area contributed by atoms with Gasteiger partial charge in [0.1, 0.15) is 0 Å². The van der Waals surface area contributed by atoms with Gasteiger partial charge in [-0.3, -0.25) is 4.79 Å². The predicted octanol–water partition coefficient (Wildman–Crippen LogP) is 5.26. The number of aromatic nitrogens is 1. The van der Waals surface area contributed by atoms with Gasteiger partial charge >= 0.3 is 0 Å². The van der Waals surface area contributed by atoms with Gasteiger partial charge in [-0.25, -0.2) is 0 Å². The van der Waals surface area contributed by atoms with E-state index in [2.05, 4.69) is 68.3 Å². The normalized spacial score (nSPS) is 11.7. The van der Waals surface area contributed by atoms with Crippen LogP contribution in [0.2, 0.25) is 0 Å². The molecule has 0 spiro atoms. The zero-order valence-corrected chi connectivity index (χ0v) is 15.7. The van der Waals surface area contributed by atoms with Gasteiger partial charge in [0.2, 0.25) is 5.91 Å². The maximum Gasteiger partial charge on any atom is 0.228 e. The minimum Gasteiger partial charge on any atom is -0.358 e. The molecule has 3 nitrogen and oxygen atoms in total. The molecular weight excluding hydrogens is 308 g/mol. The molecule has 1 heterocycles. The Morgan fingerprint density at radius 3 is 2.36 bits per heavy atom. The van der Waals surface area contributed by atoms with Gasteiger partial charge in [-0.05, 0) is 54.7 Å². The summed E-state index contributed by atoms with van der Waals surface area (Å²) in [7, 11) is 0. The van der Waals surface area contributed by atoms with Crippen molar-refractivity contribution in [2.45, 2.75) is 46.5 Å². The summed E-state index contributed by atoms with van der Waals surface area (Å²) in [5, 5.41) is 4.15. The highest BCUT2D eigenvalue weighted by Gasteiger charge is 2.15. The highest BCUT2D eigenvalue weighted by molar-refractivity contribution is 5.96. The smallest absolute Gasteiger partial charge is 0.228 e.